The molecule has 3 aromatic heterocycles. The average Bonchev–Trinajstić information content (AvgIpc) is 3.01. The SMILES string of the molecule is Cn1nc(-c2nc3ncccc3[nH]2)c2ccccc21. The molecular weight excluding hydrogens is 238 g/mol. The van der Waals surface area contributed by atoms with Gasteiger partial charge in [0.15, 0.2) is 11.5 Å². The van der Waals surface area contributed by atoms with Crippen molar-refractivity contribution < 1.29 is 0 Å². The zero-order valence-electron chi connectivity index (χ0n) is 10.3. The maximum absolute atomic E-state index is 4.55. The van der Waals surface area contributed by atoms with Crippen molar-refractivity contribution in [1.29, 1.82) is 0 Å². The highest BCUT2D eigenvalue weighted by molar-refractivity contribution is 5.92. The molecule has 0 aliphatic heterocycles. The maximum Gasteiger partial charge on any atom is 0.178 e. The Kier molecular flexibility index (Phi) is 1.97. The molecule has 0 aliphatic carbocycles. The standard InChI is InChI=1S/C14H11N5/c1-19-11-7-3-2-5-9(11)12(18-19)14-16-10-6-4-8-15-13(10)17-14/h2-8H,1H3,(H,15,16,17). The lowest BCUT2D eigenvalue weighted by atomic mass is 10.2. The highest BCUT2D eigenvalue weighted by Gasteiger charge is 2.13. The van der Waals surface area contributed by atoms with Crippen LogP contribution in [0.3, 0.4) is 0 Å². The Morgan fingerprint density at radius 3 is 2.89 bits per heavy atom. The Balaban J connectivity index is 2.04. The van der Waals surface area contributed by atoms with E-state index in [1.54, 1.807) is 6.20 Å². The number of aryl methyl sites for hydroxylation is 1. The van der Waals surface area contributed by atoms with E-state index >= 15 is 0 Å². The van der Waals surface area contributed by atoms with Crippen LogP contribution < -0.4 is 0 Å². The van der Waals surface area contributed by atoms with Crippen LogP contribution >= 0.6 is 0 Å². The van der Waals surface area contributed by atoms with E-state index < -0.39 is 0 Å². The fourth-order valence-corrected chi connectivity index (χ4v) is 2.35. The number of nitrogens with one attached hydrogen (secondary N) is 1. The molecule has 1 aromatic carbocycles. The molecule has 0 unspecified atom stereocenters. The number of nitrogens with zero attached hydrogens (tertiary/aromatic N) is 4. The largest absolute Gasteiger partial charge is 0.335 e. The summed E-state index contributed by atoms with van der Waals surface area (Å²) in [7, 11) is 1.94. The summed E-state index contributed by atoms with van der Waals surface area (Å²) < 4.78 is 1.87. The van der Waals surface area contributed by atoms with Crippen molar-refractivity contribution >= 4 is 22.1 Å². The van der Waals surface area contributed by atoms with E-state index in [0.717, 1.165) is 27.9 Å². The van der Waals surface area contributed by atoms with Crippen LogP contribution in [0.25, 0.3) is 33.6 Å². The van der Waals surface area contributed by atoms with Crippen molar-refractivity contribution in [3.05, 3.63) is 42.6 Å². The molecule has 0 spiro atoms. The van der Waals surface area contributed by atoms with Gasteiger partial charge in [-0.05, 0) is 18.2 Å². The molecule has 0 bridgehead atoms. The number of para-hydroxylation sites is 1. The van der Waals surface area contributed by atoms with E-state index in [4.69, 9.17) is 0 Å². The van der Waals surface area contributed by atoms with Crippen LogP contribution in [0.4, 0.5) is 0 Å². The quantitative estimate of drug-likeness (QED) is 0.564. The van der Waals surface area contributed by atoms with E-state index in [9.17, 15) is 0 Å². The molecule has 5 nitrogen and oxygen atoms in total. The highest BCUT2D eigenvalue weighted by atomic mass is 15.3. The van der Waals surface area contributed by atoms with Crippen LogP contribution in [-0.4, -0.2) is 24.7 Å². The third-order valence-electron chi connectivity index (χ3n) is 3.24. The highest BCUT2D eigenvalue weighted by Crippen LogP contribution is 2.26. The van der Waals surface area contributed by atoms with Crippen molar-refractivity contribution in [1.82, 2.24) is 24.7 Å². The van der Waals surface area contributed by atoms with Gasteiger partial charge in [-0.2, -0.15) is 5.10 Å². The molecule has 0 amide bonds. The van der Waals surface area contributed by atoms with Gasteiger partial charge in [-0.3, -0.25) is 4.68 Å². The second-order valence-electron chi connectivity index (χ2n) is 4.45. The predicted octanol–water partition coefficient (Wildman–Crippen LogP) is 2.51. The van der Waals surface area contributed by atoms with Crippen molar-refractivity contribution in [3.63, 3.8) is 0 Å². The monoisotopic (exact) mass is 249 g/mol. The number of H-pyrrole nitrogens is 1. The van der Waals surface area contributed by atoms with Gasteiger partial charge in [-0.25, -0.2) is 9.97 Å². The van der Waals surface area contributed by atoms with Crippen molar-refractivity contribution in [3.8, 4) is 11.5 Å². The maximum atomic E-state index is 4.55. The zero-order valence-corrected chi connectivity index (χ0v) is 10.3. The van der Waals surface area contributed by atoms with Gasteiger partial charge < -0.3 is 4.98 Å². The zero-order chi connectivity index (χ0) is 12.8. The summed E-state index contributed by atoms with van der Waals surface area (Å²) in [5, 5.41) is 5.64. The molecule has 0 saturated carbocycles. The number of benzene rings is 1. The average molecular weight is 249 g/mol. The summed E-state index contributed by atoms with van der Waals surface area (Å²) in [5.74, 6) is 0.755. The van der Waals surface area contributed by atoms with Gasteiger partial charge in [0.25, 0.3) is 0 Å². The summed E-state index contributed by atoms with van der Waals surface area (Å²) in [4.78, 5) is 12.0. The number of aromatic nitrogens is 5. The molecule has 0 saturated heterocycles. The summed E-state index contributed by atoms with van der Waals surface area (Å²) in [6.07, 6.45) is 1.74. The molecule has 92 valence electrons. The molecule has 19 heavy (non-hydrogen) atoms. The number of pyridine rings is 1. The smallest absolute Gasteiger partial charge is 0.178 e. The number of hydrogen-bond donors (Lipinski definition) is 1. The van der Waals surface area contributed by atoms with Gasteiger partial charge in [0.1, 0.15) is 5.69 Å². The fourth-order valence-electron chi connectivity index (χ4n) is 2.35. The van der Waals surface area contributed by atoms with E-state index in [1.807, 2.05) is 42.1 Å². The van der Waals surface area contributed by atoms with Gasteiger partial charge in [0.05, 0.1) is 11.0 Å². The van der Waals surface area contributed by atoms with Crippen LogP contribution in [0.2, 0.25) is 0 Å². The molecular formula is C14H11N5. The van der Waals surface area contributed by atoms with E-state index in [2.05, 4.69) is 26.1 Å². The lowest BCUT2D eigenvalue weighted by molar-refractivity contribution is 0.798. The van der Waals surface area contributed by atoms with Gasteiger partial charge in [-0.15, -0.1) is 0 Å². The molecule has 3 heterocycles. The van der Waals surface area contributed by atoms with Crippen LogP contribution in [-0.2, 0) is 7.05 Å². The van der Waals surface area contributed by atoms with Crippen LogP contribution in [0, 0.1) is 0 Å². The summed E-state index contributed by atoms with van der Waals surface area (Å²) in [5.41, 5.74) is 3.58. The Hall–Kier alpha value is -2.69. The molecule has 0 aliphatic rings. The minimum atomic E-state index is 0.715. The Morgan fingerprint density at radius 1 is 1.11 bits per heavy atom. The molecule has 0 fully saturated rings. The first-order valence-electron chi connectivity index (χ1n) is 6.06. The number of hydrogen-bond acceptors (Lipinski definition) is 3. The number of fused-ring (bicyclic) bond motifs is 2. The minimum Gasteiger partial charge on any atom is -0.335 e. The Morgan fingerprint density at radius 2 is 2.00 bits per heavy atom. The van der Waals surface area contributed by atoms with E-state index in [-0.39, 0.29) is 0 Å². The molecule has 5 heteroatoms. The van der Waals surface area contributed by atoms with E-state index in [0.29, 0.717) is 5.65 Å². The molecule has 4 aromatic rings. The van der Waals surface area contributed by atoms with Crippen molar-refractivity contribution in [2.75, 3.05) is 0 Å². The van der Waals surface area contributed by atoms with Crippen molar-refractivity contribution in [2.45, 2.75) is 0 Å². The summed E-state index contributed by atoms with van der Waals surface area (Å²) >= 11 is 0. The first-order chi connectivity index (χ1) is 9.33. The summed E-state index contributed by atoms with van der Waals surface area (Å²) in [6, 6.07) is 12.0. The van der Waals surface area contributed by atoms with Gasteiger partial charge in [0.2, 0.25) is 0 Å². The molecule has 0 radical (unpaired) electrons. The molecule has 1 N–H and O–H groups in total. The molecule has 4 rings (SSSR count). The van der Waals surface area contributed by atoms with Crippen LogP contribution in [0.5, 0.6) is 0 Å². The third-order valence-corrected chi connectivity index (χ3v) is 3.24. The molecule has 0 atom stereocenters. The second-order valence-corrected chi connectivity index (χ2v) is 4.45. The van der Waals surface area contributed by atoms with Gasteiger partial charge in [-0.1, -0.05) is 18.2 Å². The third kappa shape index (κ3) is 1.45. The number of rotatable bonds is 1. The normalized spacial score (nSPS) is 11.4. The first-order valence-corrected chi connectivity index (χ1v) is 6.06. The minimum absolute atomic E-state index is 0.715. The Bertz CT molecular complexity index is 854. The fraction of sp³-hybridized carbons (Fsp3) is 0.0714. The number of imidazole rings is 1. The topological polar surface area (TPSA) is 59.4 Å². The number of aromatic amines is 1. The van der Waals surface area contributed by atoms with Gasteiger partial charge >= 0.3 is 0 Å². The van der Waals surface area contributed by atoms with Gasteiger partial charge in [0, 0.05) is 18.6 Å². The lowest BCUT2D eigenvalue weighted by Gasteiger charge is -1.91. The summed E-state index contributed by atoms with van der Waals surface area (Å²) in [6.45, 7) is 0. The van der Waals surface area contributed by atoms with E-state index in [1.165, 1.54) is 0 Å². The van der Waals surface area contributed by atoms with Crippen molar-refractivity contribution in [2.24, 2.45) is 7.05 Å². The predicted molar refractivity (Wildman–Crippen MR) is 73.6 cm³/mol. The lowest BCUT2D eigenvalue weighted by Crippen LogP contribution is -1.90. The first kappa shape index (κ1) is 10.3. The van der Waals surface area contributed by atoms with Crippen LogP contribution in [0.15, 0.2) is 42.6 Å². The second kappa shape index (κ2) is 3.65. The van der Waals surface area contributed by atoms with Crippen LogP contribution in [0.1, 0.15) is 0 Å². The Labute approximate surface area is 108 Å².